The van der Waals surface area contributed by atoms with Gasteiger partial charge in [0.15, 0.2) is 0 Å². The summed E-state index contributed by atoms with van der Waals surface area (Å²) < 4.78 is 0. The van der Waals surface area contributed by atoms with E-state index < -0.39 is 0 Å². The van der Waals surface area contributed by atoms with Gasteiger partial charge in [-0.15, -0.1) is 0 Å². The first-order valence-corrected chi connectivity index (χ1v) is 14.1. The number of fused-ring (bicyclic) bond motifs is 2. The molecule has 5 aliphatic rings. The zero-order valence-corrected chi connectivity index (χ0v) is 20.5. The summed E-state index contributed by atoms with van der Waals surface area (Å²) in [4.78, 5) is 16.2. The highest BCUT2D eigenvalue weighted by Gasteiger charge is 2.48. The third kappa shape index (κ3) is 5.27. The lowest BCUT2D eigenvalue weighted by Crippen LogP contribution is -2.52. The first-order chi connectivity index (χ1) is 16.0. The number of hydrogen-bond donors (Lipinski definition) is 4. The average Bonchev–Trinajstić information content (AvgIpc) is 3.18. The number of rotatable bonds is 5. The van der Waals surface area contributed by atoms with Gasteiger partial charge in [0, 0.05) is 30.6 Å². The molecule has 0 bridgehead atoms. The number of carbonyl (C=O) groups is 1. The topological polar surface area (TPSA) is 108 Å². The molecule has 0 aromatic carbocycles. The largest absolute Gasteiger partial charge is 0.387 e. The van der Waals surface area contributed by atoms with Crippen LogP contribution in [0.4, 0.5) is 0 Å². The Bertz CT molecular complexity index is 705. The van der Waals surface area contributed by atoms with Crippen molar-refractivity contribution >= 4 is 11.7 Å². The lowest BCUT2D eigenvalue weighted by Gasteiger charge is -2.43. The molecule has 7 atom stereocenters. The van der Waals surface area contributed by atoms with E-state index in [1.165, 1.54) is 44.9 Å². The van der Waals surface area contributed by atoms with E-state index in [0.717, 1.165) is 75.7 Å². The predicted octanol–water partition coefficient (Wildman–Crippen LogP) is 3.77. The number of hydrogen-bond acceptors (Lipinski definition) is 4. The SMILES string of the molecule is N=C(N)C1CCC2CC(C(=O)NC3CCC(N)CC3)N(CC3CCC4CCCCC4C3)C2C1. The monoisotopic (exact) mass is 457 g/mol. The second kappa shape index (κ2) is 10.2. The molecule has 1 aliphatic heterocycles. The zero-order valence-electron chi connectivity index (χ0n) is 20.5. The maximum absolute atomic E-state index is 13.6. The van der Waals surface area contributed by atoms with Gasteiger partial charge >= 0.3 is 0 Å². The quantitative estimate of drug-likeness (QED) is 0.372. The maximum Gasteiger partial charge on any atom is 0.237 e. The molecule has 0 aromatic heterocycles. The summed E-state index contributed by atoms with van der Waals surface area (Å²) in [6.07, 6.45) is 18.0. The summed E-state index contributed by atoms with van der Waals surface area (Å²) in [7, 11) is 0. The van der Waals surface area contributed by atoms with Gasteiger partial charge in [-0.1, -0.05) is 25.7 Å². The fraction of sp³-hybridized carbons (Fsp3) is 0.926. The van der Waals surface area contributed by atoms with Crippen LogP contribution in [0.3, 0.4) is 0 Å². The predicted molar refractivity (Wildman–Crippen MR) is 133 cm³/mol. The number of nitrogens with one attached hydrogen (secondary N) is 2. The molecule has 5 rings (SSSR count). The van der Waals surface area contributed by atoms with Gasteiger partial charge in [-0.3, -0.25) is 15.1 Å². The molecule has 7 unspecified atom stereocenters. The minimum Gasteiger partial charge on any atom is -0.387 e. The van der Waals surface area contributed by atoms with Crippen LogP contribution in [0.1, 0.15) is 96.3 Å². The van der Waals surface area contributed by atoms with Gasteiger partial charge in [0.05, 0.1) is 11.9 Å². The number of nitrogens with two attached hydrogens (primary N) is 2. The van der Waals surface area contributed by atoms with Crippen molar-refractivity contribution in [2.24, 2.45) is 41.1 Å². The molecule has 186 valence electrons. The summed E-state index contributed by atoms with van der Waals surface area (Å²) in [6, 6.07) is 1.03. The third-order valence-corrected chi connectivity index (χ3v) is 10.3. The van der Waals surface area contributed by atoms with Crippen molar-refractivity contribution < 1.29 is 4.79 Å². The Labute approximate surface area is 200 Å². The Kier molecular flexibility index (Phi) is 7.31. The number of nitrogens with zero attached hydrogens (tertiary/aromatic N) is 1. The van der Waals surface area contributed by atoms with Crippen LogP contribution in [0.25, 0.3) is 0 Å². The summed E-state index contributed by atoms with van der Waals surface area (Å²) in [6.45, 7) is 1.07. The van der Waals surface area contributed by atoms with E-state index in [0.29, 0.717) is 29.9 Å². The van der Waals surface area contributed by atoms with Crippen LogP contribution in [0.15, 0.2) is 0 Å². The molecular weight excluding hydrogens is 410 g/mol. The molecule has 0 aromatic rings. The van der Waals surface area contributed by atoms with Crippen LogP contribution < -0.4 is 16.8 Å². The maximum atomic E-state index is 13.6. The van der Waals surface area contributed by atoms with E-state index in [9.17, 15) is 4.79 Å². The van der Waals surface area contributed by atoms with Crippen LogP contribution in [0.5, 0.6) is 0 Å². The zero-order chi connectivity index (χ0) is 22.9. The smallest absolute Gasteiger partial charge is 0.237 e. The van der Waals surface area contributed by atoms with Crippen molar-refractivity contribution in [1.29, 1.82) is 5.41 Å². The summed E-state index contributed by atoms with van der Waals surface area (Å²) >= 11 is 0. The molecule has 33 heavy (non-hydrogen) atoms. The summed E-state index contributed by atoms with van der Waals surface area (Å²) in [5, 5.41) is 11.5. The molecule has 0 radical (unpaired) electrons. The second-order valence-corrected chi connectivity index (χ2v) is 12.3. The molecule has 1 heterocycles. The van der Waals surface area contributed by atoms with Gasteiger partial charge in [-0.25, -0.2) is 0 Å². The minimum absolute atomic E-state index is 0.00499. The minimum atomic E-state index is 0.00499. The number of carbonyl (C=O) groups excluding carboxylic acids is 1. The normalized spacial score (nSPS) is 44.0. The summed E-state index contributed by atoms with van der Waals surface area (Å²) in [5.41, 5.74) is 12.0. The van der Waals surface area contributed by atoms with Crippen molar-refractivity contribution in [1.82, 2.24) is 10.2 Å². The standard InChI is InChI=1S/C27H47N5O/c28-22-9-11-23(12-10-22)31-27(33)25-14-20-7-8-21(26(29)30)15-24(20)32(25)16-17-5-6-18-3-1-2-4-19(18)13-17/h17-25H,1-16,28H2,(H3,29,30)(H,31,33). The molecule has 1 saturated heterocycles. The molecule has 6 nitrogen and oxygen atoms in total. The first kappa shape index (κ1) is 23.6. The van der Waals surface area contributed by atoms with Gasteiger partial charge < -0.3 is 16.8 Å². The van der Waals surface area contributed by atoms with E-state index >= 15 is 0 Å². The Morgan fingerprint density at radius 2 is 1.58 bits per heavy atom. The first-order valence-electron chi connectivity index (χ1n) is 14.1. The van der Waals surface area contributed by atoms with Crippen molar-refractivity contribution in [2.75, 3.05) is 6.54 Å². The lowest BCUT2D eigenvalue weighted by molar-refractivity contribution is -0.127. The Hall–Kier alpha value is -1.14. The number of amides is 1. The van der Waals surface area contributed by atoms with Crippen molar-refractivity contribution in [3.8, 4) is 0 Å². The van der Waals surface area contributed by atoms with E-state index in [1.54, 1.807) is 0 Å². The molecule has 6 heteroatoms. The van der Waals surface area contributed by atoms with E-state index in [4.69, 9.17) is 16.9 Å². The molecule has 1 amide bonds. The average molecular weight is 458 g/mol. The van der Waals surface area contributed by atoms with Gasteiger partial charge in [0.25, 0.3) is 0 Å². The Morgan fingerprint density at radius 1 is 0.848 bits per heavy atom. The highest BCUT2D eigenvalue weighted by molar-refractivity contribution is 5.83. The van der Waals surface area contributed by atoms with Crippen LogP contribution >= 0.6 is 0 Å². The van der Waals surface area contributed by atoms with Gasteiger partial charge in [-0.2, -0.15) is 0 Å². The number of amidine groups is 1. The van der Waals surface area contributed by atoms with Crippen molar-refractivity contribution in [2.45, 2.75) is 120 Å². The van der Waals surface area contributed by atoms with Crippen LogP contribution in [-0.2, 0) is 4.79 Å². The van der Waals surface area contributed by atoms with Crippen LogP contribution in [0.2, 0.25) is 0 Å². The highest BCUT2D eigenvalue weighted by atomic mass is 16.2. The van der Waals surface area contributed by atoms with Gasteiger partial charge in [0.2, 0.25) is 5.91 Å². The van der Waals surface area contributed by atoms with E-state index in [-0.39, 0.29) is 17.9 Å². The second-order valence-electron chi connectivity index (χ2n) is 12.3. The van der Waals surface area contributed by atoms with Gasteiger partial charge in [0.1, 0.15) is 0 Å². The molecule has 4 aliphatic carbocycles. The number of likely N-dealkylation sites (tertiary alicyclic amines) is 1. The highest BCUT2D eigenvalue weighted by Crippen LogP contribution is 2.46. The fourth-order valence-electron chi connectivity index (χ4n) is 8.34. The fourth-order valence-corrected chi connectivity index (χ4v) is 8.34. The molecule has 5 fully saturated rings. The van der Waals surface area contributed by atoms with Crippen LogP contribution in [-0.4, -0.2) is 47.4 Å². The Morgan fingerprint density at radius 3 is 2.33 bits per heavy atom. The molecular formula is C27H47N5O. The summed E-state index contributed by atoms with van der Waals surface area (Å²) in [5.74, 6) is 4.01. The van der Waals surface area contributed by atoms with Gasteiger partial charge in [-0.05, 0) is 94.3 Å². The Balaban J connectivity index is 1.27. The van der Waals surface area contributed by atoms with Crippen molar-refractivity contribution in [3.63, 3.8) is 0 Å². The molecule has 6 N–H and O–H groups in total. The third-order valence-electron chi connectivity index (χ3n) is 10.3. The molecule has 0 spiro atoms. The lowest BCUT2D eigenvalue weighted by atomic mass is 9.67. The van der Waals surface area contributed by atoms with E-state index in [1.807, 2.05) is 0 Å². The van der Waals surface area contributed by atoms with Crippen LogP contribution in [0, 0.1) is 35.0 Å². The van der Waals surface area contributed by atoms with E-state index in [2.05, 4.69) is 10.2 Å². The molecule has 4 saturated carbocycles. The van der Waals surface area contributed by atoms with Crippen molar-refractivity contribution in [3.05, 3.63) is 0 Å².